The third-order valence-electron chi connectivity index (χ3n) is 2.53. The van der Waals surface area contributed by atoms with Crippen molar-refractivity contribution in [2.24, 2.45) is 7.05 Å². The summed E-state index contributed by atoms with van der Waals surface area (Å²) in [4.78, 5) is 0. The van der Waals surface area contributed by atoms with Crippen LogP contribution in [0.3, 0.4) is 0 Å². The van der Waals surface area contributed by atoms with Crippen molar-refractivity contribution in [2.45, 2.75) is 36.7 Å². The van der Waals surface area contributed by atoms with Crippen molar-refractivity contribution in [3.8, 4) is 0 Å². The van der Waals surface area contributed by atoms with Gasteiger partial charge in [-0.3, -0.25) is 4.68 Å². The van der Waals surface area contributed by atoms with Crippen LogP contribution >= 0.6 is 23.1 Å². The van der Waals surface area contributed by atoms with Gasteiger partial charge in [0.15, 0.2) is 4.34 Å². The summed E-state index contributed by atoms with van der Waals surface area (Å²) in [7, 11) is 1.97. The van der Waals surface area contributed by atoms with E-state index in [9.17, 15) is 0 Å². The molecule has 2 rings (SSSR count). The fraction of sp³-hybridized carbons (Fsp3) is 0.545. The van der Waals surface area contributed by atoms with E-state index in [1.165, 1.54) is 5.56 Å². The molecule has 0 aliphatic heterocycles. The zero-order valence-corrected chi connectivity index (χ0v) is 12.7. The summed E-state index contributed by atoms with van der Waals surface area (Å²) in [6, 6.07) is 0. The molecule has 2 heterocycles. The molecule has 0 bridgehead atoms. The summed E-state index contributed by atoms with van der Waals surface area (Å²) < 4.78 is 2.89. The molecule has 0 aliphatic rings. The van der Waals surface area contributed by atoms with Gasteiger partial charge in [0.2, 0.25) is 0 Å². The predicted octanol–water partition coefficient (Wildman–Crippen LogP) is 2.15. The molecular formula is C11H17N5S2. The second kappa shape index (κ2) is 5.81. The van der Waals surface area contributed by atoms with Gasteiger partial charge >= 0.3 is 0 Å². The zero-order chi connectivity index (χ0) is 13.1. The Labute approximate surface area is 115 Å². The van der Waals surface area contributed by atoms with Crippen LogP contribution < -0.4 is 5.32 Å². The summed E-state index contributed by atoms with van der Waals surface area (Å²) in [5, 5.41) is 18.2. The van der Waals surface area contributed by atoms with E-state index in [-0.39, 0.29) is 0 Å². The van der Waals surface area contributed by atoms with Crippen LogP contribution in [0.2, 0.25) is 0 Å². The minimum Gasteiger partial charge on any atom is -0.313 e. The second-order valence-electron chi connectivity index (χ2n) is 3.96. The van der Waals surface area contributed by atoms with Crippen molar-refractivity contribution in [2.75, 3.05) is 6.54 Å². The van der Waals surface area contributed by atoms with E-state index < -0.39 is 0 Å². The SMILES string of the molecule is CCNCc1c(C)nn(C)c1Sc1nnc(C)s1. The fourth-order valence-corrected chi connectivity index (χ4v) is 3.61. The average molecular weight is 283 g/mol. The minimum atomic E-state index is 0.844. The topological polar surface area (TPSA) is 55.6 Å². The molecule has 0 aromatic carbocycles. The van der Waals surface area contributed by atoms with E-state index in [1.807, 2.05) is 25.6 Å². The lowest BCUT2D eigenvalue weighted by atomic mass is 10.2. The third-order valence-corrected chi connectivity index (χ3v) is 4.63. The summed E-state index contributed by atoms with van der Waals surface area (Å²) in [5.74, 6) is 0. The van der Waals surface area contributed by atoms with Crippen molar-refractivity contribution in [1.82, 2.24) is 25.3 Å². The highest BCUT2D eigenvalue weighted by molar-refractivity contribution is 8.01. The van der Waals surface area contributed by atoms with E-state index in [1.54, 1.807) is 23.1 Å². The van der Waals surface area contributed by atoms with E-state index in [2.05, 4.69) is 27.5 Å². The van der Waals surface area contributed by atoms with Crippen LogP contribution in [0.4, 0.5) is 0 Å². The molecule has 18 heavy (non-hydrogen) atoms. The predicted molar refractivity (Wildman–Crippen MR) is 74.1 cm³/mol. The molecule has 0 radical (unpaired) electrons. The lowest BCUT2D eigenvalue weighted by Crippen LogP contribution is -2.12. The molecule has 0 unspecified atom stereocenters. The number of nitrogens with one attached hydrogen (secondary N) is 1. The number of aryl methyl sites for hydroxylation is 3. The highest BCUT2D eigenvalue weighted by atomic mass is 32.2. The van der Waals surface area contributed by atoms with Crippen molar-refractivity contribution in [1.29, 1.82) is 0 Å². The van der Waals surface area contributed by atoms with Gasteiger partial charge in [-0.2, -0.15) is 5.10 Å². The molecule has 0 fully saturated rings. The zero-order valence-electron chi connectivity index (χ0n) is 11.0. The van der Waals surface area contributed by atoms with Crippen LogP contribution in [0.25, 0.3) is 0 Å². The lowest BCUT2D eigenvalue weighted by molar-refractivity contribution is 0.673. The van der Waals surface area contributed by atoms with E-state index in [4.69, 9.17) is 0 Å². The Balaban J connectivity index is 2.25. The van der Waals surface area contributed by atoms with Crippen molar-refractivity contribution in [3.63, 3.8) is 0 Å². The van der Waals surface area contributed by atoms with Gasteiger partial charge in [-0.15, -0.1) is 10.2 Å². The first-order chi connectivity index (χ1) is 8.61. The summed E-state index contributed by atoms with van der Waals surface area (Å²) in [6.07, 6.45) is 0. The normalized spacial score (nSPS) is 11.1. The lowest BCUT2D eigenvalue weighted by Gasteiger charge is -2.04. The minimum absolute atomic E-state index is 0.844. The Kier molecular flexibility index (Phi) is 4.36. The molecule has 2 aromatic rings. The Morgan fingerprint density at radius 3 is 2.72 bits per heavy atom. The standard InChI is InChI=1S/C11H17N5S2/c1-5-12-6-9-7(2)15-16(4)10(9)18-11-14-13-8(3)17-11/h12H,5-6H2,1-4H3. The Hall–Kier alpha value is -0.920. The second-order valence-corrected chi connectivity index (χ2v) is 6.38. The molecule has 1 N–H and O–H groups in total. The highest BCUT2D eigenvalue weighted by Gasteiger charge is 2.15. The van der Waals surface area contributed by atoms with E-state index >= 15 is 0 Å². The Morgan fingerprint density at radius 1 is 1.33 bits per heavy atom. The van der Waals surface area contributed by atoms with Gasteiger partial charge in [0.05, 0.1) is 5.69 Å². The molecule has 5 nitrogen and oxygen atoms in total. The van der Waals surface area contributed by atoms with Gasteiger partial charge in [-0.25, -0.2) is 0 Å². The van der Waals surface area contributed by atoms with Crippen LogP contribution in [0, 0.1) is 13.8 Å². The molecule has 0 aliphatic carbocycles. The van der Waals surface area contributed by atoms with Crippen LogP contribution in [0.15, 0.2) is 9.37 Å². The van der Waals surface area contributed by atoms with Crippen LogP contribution in [0.1, 0.15) is 23.2 Å². The van der Waals surface area contributed by atoms with Crippen molar-refractivity contribution >= 4 is 23.1 Å². The van der Waals surface area contributed by atoms with Gasteiger partial charge in [0, 0.05) is 19.2 Å². The fourth-order valence-electron chi connectivity index (χ4n) is 1.66. The molecule has 2 aromatic heterocycles. The monoisotopic (exact) mass is 283 g/mol. The number of hydrogen-bond donors (Lipinski definition) is 1. The maximum Gasteiger partial charge on any atom is 0.180 e. The summed E-state index contributed by atoms with van der Waals surface area (Å²) >= 11 is 3.25. The number of hydrogen-bond acceptors (Lipinski definition) is 6. The van der Waals surface area contributed by atoms with Crippen LogP contribution in [0.5, 0.6) is 0 Å². The quantitative estimate of drug-likeness (QED) is 0.911. The number of rotatable bonds is 5. The molecule has 0 spiro atoms. The number of nitrogens with zero attached hydrogens (tertiary/aromatic N) is 4. The smallest absolute Gasteiger partial charge is 0.180 e. The first-order valence-corrected chi connectivity index (χ1v) is 7.46. The summed E-state index contributed by atoms with van der Waals surface area (Å²) in [5.41, 5.74) is 2.32. The van der Waals surface area contributed by atoms with E-state index in [0.29, 0.717) is 0 Å². The maximum absolute atomic E-state index is 4.48. The van der Waals surface area contributed by atoms with Gasteiger partial charge in [-0.1, -0.05) is 18.3 Å². The molecule has 0 saturated carbocycles. The third kappa shape index (κ3) is 2.90. The Bertz CT molecular complexity index is 532. The molecule has 0 amide bonds. The molecule has 0 saturated heterocycles. The highest BCUT2D eigenvalue weighted by Crippen LogP contribution is 2.33. The van der Waals surface area contributed by atoms with Gasteiger partial charge in [-0.05, 0) is 32.2 Å². The molecular weight excluding hydrogens is 266 g/mol. The van der Waals surface area contributed by atoms with Crippen molar-refractivity contribution < 1.29 is 0 Å². The van der Waals surface area contributed by atoms with E-state index in [0.717, 1.165) is 33.2 Å². The molecule has 98 valence electrons. The molecule has 0 atom stereocenters. The van der Waals surface area contributed by atoms with Gasteiger partial charge in [0.1, 0.15) is 10.0 Å². The average Bonchev–Trinajstić information content (AvgIpc) is 2.83. The maximum atomic E-state index is 4.48. The largest absolute Gasteiger partial charge is 0.313 e. The Morgan fingerprint density at radius 2 is 2.11 bits per heavy atom. The number of aromatic nitrogens is 4. The van der Waals surface area contributed by atoms with Crippen molar-refractivity contribution in [3.05, 3.63) is 16.3 Å². The first kappa shape index (κ1) is 13.5. The molecule has 7 heteroatoms. The van der Waals surface area contributed by atoms with Crippen LogP contribution in [-0.2, 0) is 13.6 Å². The first-order valence-electron chi connectivity index (χ1n) is 5.83. The van der Waals surface area contributed by atoms with Gasteiger partial charge in [0.25, 0.3) is 0 Å². The van der Waals surface area contributed by atoms with Gasteiger partial charge < -0.3 is 5.32 Å². The summed E-state index contributed by atoms with van der Waals surface area (Å²) in [6.45, 7) is 7.91. The van der Waals surface area contributed by atoms with Crippen LogP contribution in [-0.4, -0.2) is 26.5 Å².